The Hall–Kier alpha value is -0.440. The Morgan fingerprint density at radius 3 is 3.00 bits per heavy atom. The summed E-state index contributed by atoms with van der Waals surface area (Å²) in [6.07, 6.45) is 3.85. The summed E-state index contributed by atoms with van der Waals surface area (Å²) in [5.41, 5.74) is 0. The SMILES string of the molecule is COC1=CCNC=C1Br. The van der Waals surface area contributed by atoms with Crippen LogP contribution in [0.2, 0.25) is 0 Å². The number of hydrogen-bond donors (Lipinski definition) is 1. The van der Waals surface area contributed by atoms with Gasteiger partial charge in [0.25, 0.3) is 0 Å². The highest BCUT2D eigenvalue weighted by molar-refractivity contribution is 9.11. The molecule has 0 fully saturated rings. The van der Waals surface area contributed by atoms with E-state index in [1.807, 2.05) is 12.3 Å². The Balaban J connectivity index is 2.68. The first-order chi connectivity index (χ1) is 4.34. The Labute approximate surface area is 62.7 Å². The van der Waals surface area contributed by atoms with Crippen molar-refractivity contribution in [1.82, 2.24) is 5.32 Å². The van der Waals surface area contributed by atoms with Gasteiger partial charge in [-0.1, -0.05) is 0 Å². The zero-order chi connectivity index (χ0) is 6.69. The van der Waals surface area contributed by atoms with Crippen LogP contribution in [0.25, 0.3) is 0 Å². The lowest BCUT2D eigenvalue weighted by molar-refractivity contribution is 0.302. The molecule has 1 N–H and O–H groups in total. The molecule has 0 aliphatic carbocycles. The van der Waals surface area contributed by atoms with Gasteiger partial charge >= 0.3 is 0 Å². The van der Waals surface area contributed by atoms with Crippen molar-refractivity contribution in [2.24, 2.45) is 0 Å². The predicted molar refractivity (Wildman–Crippen MR) is 40.1 cm³/mol. The van der Waals surface area contributed by atoms with E-state index < -0.39 is 0 Å². The van der Waals surface area contributed by atoms with Crippen molar-refractivity contribution in [1.29, 1.82) is 0 Å². The second kappa shape index (κ2) is 2.92. The normalized spacial score (nSPS) is 17.6. The maximum atomic E-state index is 5.01. The van der Waals surface area contributed by atoms with Gasteiger partial charge in [-0.05, 0) is 22.0 Å². The van der Waals surface area contributed by atoms with Crippen LogP contribution in [0.3, 0.4) is 0 Å². The zero-order valence-corrected chi connectivity index (χ0v) is 6.73. The lowest BCUT2D eigenvalue weighted by atomic mass is 10.3. The number of methoxy groups -OCH3 is 1. The highest BCUT2D eigenvalue weighted by Crippen LogP contribution is 2.17. The van der Waals surface area contributed by atoms with Crippen LogP contribution in [0.5, 0.6) is 0 Å². The van der Waals surface area contributed by atoms with Crippen LogP contribution in [0, 0.1) is 0 Å². The first kappa shape index (κ1) is 6.68. The van der Waals surface area contributed by atoms with Crippen molar-refractivity contribution >= 4 is 15.9 Å². The summed E-state index contributed by atoms with van der Waals surface area (Å²) < 4.78 is 5.98. The largest absolute Gasteiger partial charge is 0.496 e. The molecule has 0 saturated heterocycles. The van der Waals surface area contributed by atoms with E-state index in [2.05, 4.69) is 21.2 Å². The Bertz CT molecular complexity index is 162. The van der Waals surface area contributed by atoms with Crippen LogP contribution >= 0.6 is 15.9 Å². The Kier molecular flexibility index (Phi) is 2.16. The molecule has 3 heteroatoms. The van der Waals surface area contributed by atoms with Gasteiger partial charge in [0, 0.05) is 12.7 Å². The highest BCUT2D eigenvalue weighted by atomic mass is 79.9. The first-order valence-corrected chi connectivity index (χ1v) is 3.47. The van der Waals surface area contributed by atoms with Crippen molar-refractivity contribution in [3.8, 4) is 0 Å². The third-order valence-corrected chi connectivity index (χ3v) is 1.71. The molecule has 1 heterocycles. The maximum Gasteiger partial charge on any atom is 0.132 e. The second-order valence-corrected chi connectivity index (χ2v) is 2.53. The molecular weight excluding hydrogens is 182 g/mol. The van der Waals surface area contributed by atoms with Crippen LogP contribution in [-0.2, 0) is 4.74 Å². The molecule has 1 aliphatic heterocycles. The minimum absolute atomic E-state index is 0.846. The number of halogens is 1. The van der Waals surface area contributed by atoms with E-state index in [1.54, 1.807) is 7.11 Å². The van der Waals surface area contributed by atoms with Gasteiger partial charge in [-0.25, -0.2) is 0 Å². The topological polar surface area (TPSA) is 21.3 Å². The van der Waals surface area contributed by atoms with Crippen molar-refractivity contribution in [2.75, 3.05) is 13.7 Å². The minimum atomic E-state index is 0.846. The highest BCUT2D eigenvalue weighted by Gasteiger charge is 2.03. The average molecular weight is 190 g/mol. The summed E-state index contributed by atoms with van der Waals surface area (Å²) >= 11 is 3.32. The molecule has 50 valence electrons. The molecule has 0 atom stereocenters. The van der Waals surface area contributed by atoms with Crippen LogP contribution in [0.4, 0.5) is 0 Å². The molecular formula is C6H8BrNO. The molecule has 9 heavy (non-hydrogen) atoms. The molecule has 0 aromatic heterocycles. The molecule has 1 aliphatic rings. The third-order valence-electron chi connectivity index (χ3n) is 1.09. The number of rotatable bonds is 1. The lowest BCUT2D eigenvalue weighted by Crippen LogP contribution is -2.11. The van der Waals surface area contributed by atoms with Gasteiger partial charge in [0.15, 0.2) is 0 Å². The van der Waals surface area contributed by atoms with Crippen molar-refractivity contribution in [3.05, 3.63) is 22.5 Å². The molecule has 0 saturated carbocycles. The van der Waals surface area contributed by atoms with Gasteiger partial charge in [0.2, 0.25) is 0 Å². The fourth-order valence-corrected chi connectivity index (χ4v) is 1.14. The standard InChI is InChI=1S/C6H8BrNO/c1-9-6-2-3-8-4-5(6)7/h2,4,8H,3H2,1H3. The van der Waals surface area contributed by atoms with E-state index in [0.29, 0.717) is 0 Å². The number of nitrogens with one attached hydrogen (secondary N) is 1. The van der Waals surface area contributed by atoms with Gasteiger partial charge in [-0.15, -0.1) is 0 Å². The number of ether oxygens (including phenoxy) is 1. The molecule has 1 rings (SSSR count). The molecule has 0 radical (unpaired) electrons. The van der Waals surface area contributed by atoms with E-state index in [9.17, 15) is 0 Å². The number of allylic oxidation sites excluding steroid dienone is 1. The van der Waals surface area contributed by atoms with Crippen molar-refractivity contribution < 1.29 is 4.74 Å². The number of hydrogen-bond acceptors (Lipinski definition) is 2. The van der Waals surface area contributed by atoms with Gasteiger partial charge in [-0.2, -0.15) is 0 Å². The first-order valence-electron chi connectivity index (χ1n) is 2.68. The second-order valence-electron chi connectivity index (χ2n) is 1.67. The lowest BCUT2D eigenvalue weighted by Gasteiger charge is -2.09. The van der Waals surface area contributed by atoms with Crippen molar-refractivity contribution in [2.45, 2.75) is 0 Å². The van der Waals surface area contributed by atoms with Gasteiger partial charge in [-0.3, -0.25) is 0 Å². The van der Waals surface area contributed by atoms with E-state index >= 15 is 0 Å². The van der Waals surface area contributed by atoms with Gasteiger partial charge in [0.05, 0.1) is 11.6 Å². The summed E-state index contributed by atoms with van der Waals surface area (Å²) in [6.45, 7) is 0.846. The fourth-order valence-electron chi connectivity index (χ4n) is 0.650. The quantitative estimate of drug-likeness (QED) is 0.673. The Morgan fingerprint density at radius 1 is 1.78 bits per heavy atom. The summed E-state index contributed by atoms with van der Waals surface area (Å²) in [7, 11) is 1.66. The summed E-state index contributed by atoms with van der Waals surface area (Å²) in [4.78, 5) is 0. The molecule has 0 amide bonds. The smallest absolute Gasteiger partial charge is 0.132 e. The van der Waals surface area contributed by atoms with E-state index in [-0.39, 0.29) is 0 Å². The van der Waals surface area contributed by atoms with Crippen LogP contribution in [-0.4, -0.2) is 13.7 Å². The number of dihydropyridines is 1. The predicted octanol–water partition coefficient (Wildman–Crippen LogP) is 1.36. The van der Waals surface area contributed by atoms with Crippen LogP contribution < -0.4 is 5.32 Å². The molecule has 0 unspecified atom stereocenters. The molecule has 0 aromatic rings. The van der Waals surface area contributed by atoms with Gasteiger partial charge < -0.3 is 10.1 Å². The third kappa shape index (κ3) is 1.48. The molecule has 2 nitrogen and oxygen atoms in total. The van der Waals surface area contributed by atoms with Crippen LogP contribution in [0.15, 0.2) is 22.5 Å². The monoisotopic (exact) mass is 189 g/mol. The molecule has 0 aromatic carbocycles. The molecule has 0 spiro atoms. The van der Waals surface area contributed by atoms with Crippen molar-refractivity contribution in [3.63, 3.8) is 0 Å². The van der Waals surface area contributed by atoms with Gasteiger partial charge in [0.1, 0.15) is 5.76 Å². The molecule has 0 bridgehead atoms. The summed E-state index contributed by atoms with van der Waals surface area (Å²) in [5, 5.41) is 3.03. The summed E-state index contributed by atoms with van der Waals surface area (Å²) in [6, 6.07) is 0. The average Bonchev–Trinajstić information content (AvgIpc) is 1.89. The Morgan fingerprint density at radius 2 is 2.56 bits per heavy atom. The summed E-state index contributed by atoms with van der Waals surface area (Å²) in [5.74, 6) is 0.897. The van der Waals surface area contributed by atoms with Crippen LogP contribution in [0.1, 0.15) is 0 Å². The minimum Gasteiger partial charge on any atom is -0.496 e. The maximum absolute atomic E-state index is 5.01. The van der Waals surface area contributed by atoms with E-state index in [0.717, 1.165) is 16.8 Å². The zero-order valence-electron chi connectivity index (χ0n) is 5.15. The fraction of sp³-hybridized carbons (Fsp3) is 0.333. The van der Waals surface area contributed by atoms with E-state index in [1.165, 1.54) is 0 Å². The van der Waals surface area contributed by atoms with E-state index in [4.69, 9.17) is 4.74 Å².